The molecule has 0 heterocycles. The Morgan fingerprint density at radius 3 is 2.46 bits per heavy atom. The molecule has 5 heteroatoms. The zero-order valence-electron chi connectivity index (χ0n) is 8.45. The van der Waals surface area contributed by atoms with Gasteiger partial charge in [0.1, 0.15) is 6.54 Å². The lowest BCUT2D eigenvalue weighted by atomic mass is 10.4. The number of rotatable bonds is 7. The lowest BCUT2D eigenvalue weighted by Crippen LogP contribution is -2.48. The molecule has 0 aromatic carbocycles. The zero-order valence-corrected chi connectivity index (χ0v) is 8.45. The van der Waals surface area contributed by atoms with Crippen molar-refractivity contribution in [1.82, 2.24) is 0 Å². The van der Waals surface area contributed by atoms with Gasteiger partial charge in [-0.15, -0.1) is 0 Å². The summed E-state index contributed by atoms with van der Waals surface area (Å²) in [6, 6.07) is 0. The van der Waals surface area contributed by atoms with E-state index in [0.717, 1.165) is 6.54 Å². The fraction of sp³-hybridized carbons (Fsp3) is 0.875. The first-order valence-corrected chi connectivity index (χ1v) is 4.36. The summed E-state index contributed by atoms with van der Waals surface area (Å²) in [6.45, 7) is 2.81. The number of carbonyl (C=O) groups is 1. The van der Waals surface area contributed by atoms with E-state index in [2.05, 4.69) is 0 Å². The van der Waals surface area contributed by atoms with Crippen LogP contribution in [0.15, 0.2) is 0 Å². The number of hydrogen-bond acceptors (Lipinski definition) is 3. The van der Waals surface area contributed by atoms with E-state index in [9.17, 15) is 4.79 Å². The van der Waals surface area contributed by atoms with Gasteiger partial charge in [0.2, 0.25) is 0 Å². The van der Waals surface area contributed by atoms with Crippen molar-refractivity contribution in [2.45, 2.75) is 0 Å². The van der Waals surface area contributed by atoms with Gasteiger partial charge in [0.05, 0.1) is 27.3 Å². The molecular weight excluding hydrogens is 170 g/mol. The van der Waals surface area contributed by atoms with E-state index < -0.39 is 0 Å². The highest BCUT2D eigenvalue weighted by Gasteiger charge is 2.17. The topological polar surface area (TPSA) is 78.3 Å². The van der Waals surface area contributed by atoms with Crippen LogP contribution in [0, 0.1) is 0 Å². The summed E-state index contributed by atoms with van der Waals surface area (Å²) in [5.41, 5.74) is 10.3. The van der Waals surface area contributed by atoms with Crippen LogP contribution in [-0.4, -0.2) is 57.3 Å². The van der Waals surface area contributed by atoms with Gasteiger partial charge in [-0.1, -0.05) is 0 Å². The number of nitrogens with zero attached hydrogens (tertiary/aromatic N) is 1. The monoisotopic (exact) mass is 190 g/mol. The molecule has 0 radical (unpaired) electrons. The molecule has 0 spiro atoms. The first-order chi connectivity index (χ1) is 5.98. The van der Waals surface area contributed by atoms with Gasteiger partial charge in [0.15, 0.2) is 6.54 Å². The van der Waals surface area contributed by atoms with E-state index in [1.807, 2.05) is 14.1 Å². The van der Waals surface area contributed by atoms with E-state index in [4.69, 9.17) is 16.2 Å². The standard InChI is InChI=1S/C8H19N3O2/c1-11(2,7-8(10)12)4-6-13-5-3-9/h3-7,9H2,1-2H3,(H-,10,12)/p+1. The second-order valence-electron chi connectivity index (χ2n) is 3.68. The number of hydrogen-bond donors (Lipinski definition) is 2. The maximum atomic E-state index is 10.6. The maximum absolute atomic E-state index is 10.6. The van der Waals surface area contributed by atoms with Crippen molar-refractivity contribution in [3.63, 3.8) is 0 Å². The minimum absolute atomic E-state index is 0.288. The summed E-state index contributed by atoms with van der Waals surface area (Å²) >= 11 is 0. The average molecular weight is 190 g/mol. The van der Waals surface area contributed by atoms with Gasteiger partial charge in [-0.25, -0.2) is 0 Å². The highest BCUT2D eigenvalue weighted by molar-refractivity contribution is 5.74. The fourth-order valence-electron chi connectivity index (χ4n) is 0.998. The largest absolute Gasteiger partial charge is 0.374 e. The minimum atomic E-state index is -0.288. The summed E-state index contributed by atoms with van der Waals surface area (Å²) < 4.78 is 5.76. The number of ether oxygens (including phenoxy) is 1. The Hall–Kier alpha value is -0.650. The van der Waals surface area contributed by atoms with Crippen molar-refractivity contribution < 1.29 is 14.0 Å². The van der Waals surface area contributed by atoms with Crippen LogP contribution in [-0.2, 0) is 9.53 Å². The molecule has 0 saturated heterocycles. The summed E-state index contributed by atoms with van der Waals surface area (Å²) in [5, 5.41) is 0. The van der Waals surface area contributed by atoms with Gasteiger partial charge in [-0.3, -0.25) is 4.79 Å². The van der Waals surface area contributed by atoms with Gasteiger partial charge in [0.25, 0.3) is 5.91 Å². The molecule has 0 rings (SSSR count). The summed E-state index contributed by atoms with van der Waals surface area (Å²) in [7, 11) is 3.88. The van der Waals surface area contributed by atoms with Crippen LogP contribution in [0.2, 0.25) is 0 Å². The molecule has 0 unspecified atom stereocenters. The van der Waals surface area contributed by atoms with E-state index in [-0.39, 0.29) is 5.91 Å². The van der Waals surface area contributed by atoms with Gasteiger partial charge in [-0.2, -0.15) is 0 Å². The third-order valence-electron chi connectivity index (χ3n) is 1.69. The quantitative estimate of drug-likeness (QED) is 0.380. The first kappa shape index (κ1) is 12.3. The number of carbonyl (C=O) groups excluding carboxylic acids is 1. The van der Waals surface area contributed by atoms with Crippen LogP contribution in [0.4, 0.5) is 0 Å². The molecule has 1 amide bonds. The smallest absolute Gasteiger partial charge is 0.272 e. The summed E-state index contributed by atoms with van der Waals surface area (Å²) in [6.07, 6.45) is 0. The van der Waals surface area contributed by atoms with Crippen LogP contribution >= 0.6 is 0 Å². The molecule has 0 aliphatic carbocycles. The Balaban J connectivity index is 3.56. The van der Waals surface area contributed by atoms with Crippen LogP contribution in [0.5, 0.6) is 0 Å². The Kier molecular flexibility index (Phi) is 5.61. The molecule has 78 valence electrons. The molecular formula is C8H20N3O2+. The van der Waals surface area contributed by atoms with Crippen molar-refractivity contribution in [3.8, 4) is 0 Å². The number of quaternary nitrogens is 1. The van der Waals surface area contributed by atoms with Gasteiger partial charge in [-0.05, 0) is 0 Å². The van der Waals surface area contributed by atoms with E-state index in [1.165, 1.54) is 0 Å². The van der Waals surface area contributed by atoms with Crippen LogP contribution in [0.1, 0.15) is 0 Å². The zero-order chi connectivity index (χ0) is 10.3. The van der Waals surface area contributed by atoms with Crippen molar-refractivity contribution in [1.29, 1.82) is 0 Å². The Bertz CT molecular complexity index is 159. The number of nitrogens with two attached hydrogens (primary N) is 2. The highest BCUT2D eigenvalue weighted by Crippen LogP contribution is 1.95. The maximum Gasteiger partial charge on any atom is 0.272 e. The summed E-state index contributed by atoms with van der Waals surface area (Å²) in [5.74, 6) is -0.288. The first-order valence-electron chi connectivity index (χ1n) is 4.36. The molecule has 5 nitrogen and oxygen atoms in total. The van der Waals surface area contributed by atoms with Crippen LogP contribution < -0.4 is 11.5 Å². The molecule has 0 aromatic heterocycles. The molecule has 0 atom stereocenters. The third kappa shape index (κ3) is 7.70. The van der Waals surface area contributed by atoms with E-state index in [1.54, 1.807) is 0 Å². The molecule has 4 N–H and O–H groups in total. The second kappa shape index (κ2) is 5.90. The Morgan fingerprint density at radius 1 is 1.38 bits per heavy atom. The Morgan fingerprint density at radius 2 is 2.00 bits per heavy atom. The molecule has 13 heavy (non-hydrogen) atoms. The van der Waals surface area contributed by atoms with Crippen LogP contribution in [0.25, 0.3) is 0 Å². The summed E-state index contributed by atoms with van der Waals surface area (Å²) in [4.78, 5) is 10.6. The Labute approximate surface area is 79.2 Å². The van der Waals surface area contributed by atoms with Crippen molar-refractivity contribution in [3.05, 3.63) is 0 Å². The molecule has 0 saturated carbocycles. The fourth-order valence-corrected chi connectivity index (χ4v) is 0.998. The van der Waals surface area contributed by atoms with Crippen molar-refractivity contribution in [2.75, 3.05) is 46.9 Å². The van der Waals surface area contributed by atoms with Crippen molar-refractivity contribution in [2.24, 2.45) is 11.5 Å². The molecule has 0 bridgehead atoms. The van der Waals surface area contributed by atoms with Crippen molar-refractivity contribution >= 4 is 5.91 Å². The highest BCUT2D eigenvalue weighted by atomic mass is 16.5. The lowest BCUT2D eigenvalue weighted by Gasteiger charge is -2.27. The molecule has 0 aliphatic heterocycles. The van der Waals surface area contributed by atoms with Crippen LogP contribution in [0.3, 0.4) is 0 Å². The molecule has 0 aliphatic rings. The lowest BCUT2D eigenvalue weighted by molar-refractivity contribution is -0.882. The predicted molar refractivity (Wildman–Crippen MR) is 50.9 cm³/mol. The van der Waals surface area contributed by atoms with Gasteiger partial charge in [0, 0.05) is 6.54 Å². The minimum Gasteiger partial charge on any atom is -0.374 e. The molecule has 0 aromatic rings. The van der Waals surface area contributed by atoms with E-state index >= 15 is 0 Å². The average Bonchev–Trinajstić information content (AvgIpc) is 1.95. The molecule has 0 fully saturated rings. The van der Waals surface area contributed by atoms with Gasteiger partial charge < -0.3 is 20.7 Å². The third-order valence-corrected chi connectivity index (χ3v) is 1.69. The number of amides is 1. The van der Waals surface area contributed by atoms with E-state index in [0.29, 0.717) is 30.8 Å². The normalized spacial score (nSPS) is 11.6. The van der Waals surface area contributed by atoms with Gasteiger partial charge >= 0.3 is 0 Å². The second-order valence-corrected chi connectivity index (χ2v) is 3.68. The number of primary amides is 1. The predicted octanol–water partition coefficient (Wildman–Crippen LogP) is -1.48. The number of likely N-dealkylation sites (N-methyl/N-ethyl adjacent to an activating group) is 1. The SMILES string of the molecule is C[N+](C)(CCOCCN)CC(N)=O.